The lowest BCUT2D eigenvalue weighted by atomic mass is 9.95. The number of likely N-dealkylation sites (tertiary alicyclic amines) is 1. The van der Waals surface area contributed by atoms with E-state index in [0.717, 1.165) is 5.56 Å². The zero-order valence-corrected chi connectivity index (χ0v) is 20.3. The van der Waals surface area contributed by atoms with Gasteiger partial charge in [-0.25, -0.2) is 0 Å². The molecule has 2 aliphatic heterocycles. The van der Waals surface area contributed by atoms with Crippen LogP contribution < -0.4 is 14.2 Å². The van der Waals surface area contributed by atoms with E-state index in [2.05, 4.69) is 6.58 Å². The Labute approximate surface area is 215 Å². The molecule has 1 fully saturated rings. The molecule has 0 aliphatic carbocycles. The van der Waals surface area contributed by atoms with Crippen LogP contribution >= 0.6 is 0 Å². The van der Waals surface area contributed by atoms with Gasteiger partial charge in [0.2, 0.25) is 0 Å². The molecule has 5 rings (SSSR count). The molecule has 0 radical (unpaired) electrons. The van der Waals surface area contributed by atoms with E-state index in [1.165, 1.54) is 4.90 Å². The quantitative estimate of drug-likeness (QED) is 0.210. The van der Waals surface area contributed by atoms with Crippen LogP contribution in [-0.2, 0) is 16.0 Å². The van der Waals surface area contributed by atoms with Crippen molar-refractivity contribution in [2.45, 2.75) is 12.5 Å². The molecule has 0 bridgehead atoms. The highest BCUT2D eigenvalue weighted by molar-refractivity contribution is 6.46. The number of carbonyl (C=O) groups is 2. The SMILES string of the molecule is C=CCOc1ccc(C2/C(=C(/O)c3ccc4c(c3)OCCO4)C(=O)C(=O)N2CCc2ccccc2)cc1. The Morgan fingerprint density at radius 2 is 1.73 bits per heavy atom. The van der Waals surface area contributed by atoms with Crippen molar-refractivity contribution >= 4 is 17.4 Å². The summed E-state index contributed by atoms with van der Waals surface area (Å²) in [5.41, 5.74) is 2.15. The van der Waals surface area contributed by atoms with Crippen molar-refractivity contribution in [1.29, 1.82) is 0 Å². The second-order valence-corrected chi connectivity index (χ2v) is 8.76. The smallest absolute Gasteiger partial charge is 0.295 e. The average molecular weight is 498 g/mol. The highest BCUT2D eigenvalue weighted by atomic mass is 16.6. The third-order valence-electron chi connectivity index (χ3n) is 6.40. The van der Waals surface area contributed by atoms with Crippen LogP contribution in [0.1, 0.15) is 22.7 Å². The number of amides is 1. The second-order valence-electron chi connectivity index (χ2n) is 8.76. The van der Waals surface area contributed by atoms with E-state index in [9.17, 15) is 14.7 Å². The van der Waals surface area contributed by atoms with Gasteiger partial charge >= 0.3 is 0 Å². The normalized spacial score (nSPS) is 18.1. The molecule has 3 aromatic rings. The van der Waals surface area contributed by atoms with Crippen LogP contribution in [0.4, 0.5) is 0 Å². The molecule has 1 N–H and O–H groups in total. The van der Waals surface area contributed by atoms with Crippen LogP contribution in [0.2, 0.25) is 0 Å². The van der Waals surface area contributed by atoms with Gasteiger partial charge in [0, 0.05) is 12.1 Å². The molecule has 7 heteroatoms. The topological polar surface area (TPSA) is 85.3 Å². The standard InChI is InChI=1S/C30H27NO6/c1-2-16-35-23-11-8-21(9-12-23)27-26(28(32)22-10-13-24-25(19-22)37-18-17-36-24)29(33)30(34)31(27)15-14-20-6-4-3-5-7-20/h2-13,19,27,32H,1,14-18H2/b28-26-. The lowest BCUT2D eigenvalue weighted by molar-refractivity contribution is -0.139. The molecule has 1 amide bonds. The van der Waals surface area contributed by atoms with Gasteiger partial charge in [-0.3, -0.25) is 9.59 Å². The maximum atomic E-state index is 13.3. The van der Waals surface area contributed by atoms with Crippen molar-refractivity contribution in [2.75, 3.05) is 26.4 Å². The minimum atomic E-state index is -0.759. The fourth-order valence-electron chi connectivity index (χ4n) is 4.60. The Bertz CT molecular complexity index is 1350. The molecular weight excluding hydrogens is 470 g/mol. The third-order valence-corrected chi connectivity index (χ3v) is 6.40. The fourth-order valence-corrected chi connectivity index (χ4v) is 4.60. The van der Waals surface area contributed by atoms with Gasteiger partial charge in [-0.05, 0) is 47.9 Å². The first-order valence-corrected chi connectivity index (χ1v) is 12.1. The lowest BCUT2D eigenvalue weighted by Gasteiger charge is -2.26. The van der Waals surface area contributed by atoms with Crippen LogP contribution in [0.15, 0.2) is 91.0 Å². The summed E-state index contributed by atoms with van der Waals surface area (Å²) in [6, 6.07) is 21.1. The number of ketones is 1. The molecule has 3 aromatic carbocycles. The number of hydrogen-bond acceptors (Lipinski definition) is 6. The predicted molar refractivity (Wildman–Crippen MR) is 139 cm³/mol. The summed E-state index contributed by atoms with van der Waals surface area (Å²) in [6.45, 7) is 5.16. The van der Waals surface area contributed by atoms with Gasteiger partial charge in [0.05, 0.1) is 11.6 Å². The maximum absolute atomic E-state index is 13.3. The molecule has 2 heterocycles. The van der Waals surface area contributed by atoms with Crippen LogP contribution in [0.3, 0.4) is 0 Å². The minimum absolute atomic E-state index is 0.0366. The first-order chi connectivity index (χ1) is 18.1. The van der Waals surface area contributed by atoms with Crippen molar-refractivity contribution in [2.24, 2.45) is 0 Å². The molecule has 0 spiro atoms. The number of aliphatic hydroxyl groups is 1. The average Bonchev–Trinajstić information content (AvgIpc) is 3.20. The van der Waals surface area contributed by atoms with E-state index < -0.39 is 17.7 Å². The zero-order valence-electron chi connectivity index (χ0n) is 20.3. The molecule has 1 unspecified atom stereocenters. The Kier molecular flexibility index (Phi) is 6.94. The van der Waals surface area contributed by atoms with E-state index >= 15 is 0 Å². The number of ether oxygens (including phenoxy) is 3. The molecule has 0 saturated carbocycles. The van der Waals surface area contributed by atoms with Crippen LogP contribution in [0.5, 0.6) is 17.2 Å². The number of aliphatic hydroxyl groups excluding tert-OH is 1. The van der Waals surface area contributed by atoms with E-state index in [-0.39, 0.29) is 11.3 Å². The summed E-state index contributed by atoms with van der Waals surface area (Å²) in [7, 11) is 0. The van der Waals surface area contributed by atoms with Crippen molar-refractivity contribution < 1.29 is 28.9 Å². The first-order valence-electron chi connectivity index (χ1n) is 12.1. The number of rotatable bonds is 8. The Morgan fingerprint density at radius 1 is 1.00 bits per heavy atom. The second kappa shape index (κ2) is 10.6. The van der Waals surface area contributed by atoms with Crippen LogP contribution in [0, 0.1) is 0 Å². The number of Topliss-reactive ketones (excluding diaryl/α,β-unsaturated/α-hetero) is 1. The summed E-state index contributed by atoms with van der Waals surface area (Å²) in [6.07, 6.45) is 2.22. The lowest BCUT2D eigenvalue weighted by Crippen LogP contribution is -2.31. The van der Waals surface area contributed by atoms with Gasteiger partial charge in [-0.1, -0.05) is 55.1 Å². The Morgan fingerprint density at radius 3 is 2.46 bits per heavy atom. The molecule has 2 aliphatic rings. The number of carbonyl (C=O) groups excluding carboxylic acids is 2. The predicted octanol–water partition coefficient (Wildman–Crippen LogP) is 4.69. The summed E-state index contributed by atoms with van der Waals surface area (Å²) in [4.78, 5) is 28.1. The van der Waals surface area contributed by atoms with Crippen molar-refractivity contribution in [3.05, 3.63) is 108 Å². The van der Waals surface area contributed by atoms with Crippen molar-refractivity contribution in [3.8, 4) is 17.2 Å². The van der Waals surface area contributed by atoms with E-state index in [4.69, 9.17) is 14.2 Å². The summed E-state index contributed by atoms with van der Waals surface area (Å²) in [5.74, 6) is 0.0577. The Balaban J connectivity index is 1.55. The summed E-state index contributed by atoms with van der Waals surface area (Å²) < 4.78 is 16.8. The third kappa shape index (κ3) is 4.93. The van der Waals surface area contributed by atoms with Crippen LogP contribution in [-0.4, -0.2) is 48.1 Å². The van der Waals surface area contributed by atoms with E-state index in [0.29, 0.717) is 61.2 Å². The van der Waals surface area contributed by atoms with Crippen LogP contribution in [0.25, 0.3) is 5.76 Å². The number of fused-ring (bicyclic) bond motifs is 1. The van der Waals surface area contributed by atoms with Gasteiger partial charge in [0.15, 0.2) is 11.5 Å². The molecule has 1 atom stereocenters. The molecular formula is C30H27NO6. The van der Waals surface area contributed by atoms with E-state index in [1.807, 2.05) is 42.5 Å². The molecule has 1 saturated heterocycles. The summed E-state index contributed by atoms with van der Waals surface area (Å²) >= 11 is 0. The number of nitrogens with zero attached hydrogens (tertiary/aromatic N) is 1. The highest BCUT2D eigenvalue weighted by Crippen LogP contribution is 2.41. The minimum Gasteiger partial charge on any atom is -0.507 e. The first kappa shape index (κ1) is 24.2. The fraction of sp³-hybridized carbons (Fsp3) is 0.200. The monoisotopic (exact) mass is 497 g/mol. The number of benzene rings is 3. The highest BCUT2D eigenvalue weighted by Gasteiger charge is 2.46. The van der Waals surface area contributed by atoms with Crippen molar-refractivity contribution in [3.63, 3.8) is 0 Å². The van der Waals surface area contributed by atoms with Gasteiger partial charge in [-0.2, -0.15) is 0 Å². The summed E-state index contributed by atoms with van der Waals surface area (Å²) in [5, 5.41) is 11.4. The molecule has 188 valence electrons. The molecule has 37 heavy (non-hydrogen) atoms. The van der Waals surface area contributed by atoms with Gasteiger partial charge in [-0.15, -0.1) is 0 Å². The molecule has 0 aromatic heterocycles. The number of hydrogen-bond donors (Lipinski definition) is 1. The maximum Gasteiger partial charge on any atom is 0.295 e. The van der Waals surface area contributed by atoms with Gasteiger partial charge < -0.3 is 24.2 Å². The zero-order chi connectivity index (χ0) is 25.8. The van der Waals surface area contributed by atoms with Gasteiger partial charge in [0.25, 0.3) is 11.7 Å². The largest absolute Gasteiger partial charge is 0.507 e. The van der Waals surface area contributed by atoms with Crippen molar-refractivity contribution in [1.82, 2.24) is 4.90 Å². The van der Waals surface area contributed by atoms with Gasteiger partial charge in [0.1, 0.15) is 31.3 Å². The molecule has 7 nitrogen and oxygen atoms in total. The van der Waals surface area contributed by atoms with E-state index in [1.54, 1.807) is 36.4 Å². The Hall–Kier alpha value is -4.52.